The van der Waals surface area contributed by atoms with E-state index in [4.69, 9.17) is 0 Å². The second-order valence-electron chi connectivity index (χ2n) is 4.79. The maximum atomic E-state index is 13.1. The van der Waals surface area contributed by atoms with Crippen molar-refractivity contribution in [1.82, 2.24) is 5.32 Å². The standard InChI is InChI=1S/C14H19BrFN/c15-13-10-11(6-8-14(13)16)5-7-12-4-2-1-3-9-17-12/h6,8,10,12,17H,1-5,7,9H2. The summed E-state index contributed by atoms with van der Waals surface area (Å²) < 4.78 is 13.7. The normalized spacial score (nSPS) is 21.2. The number of aryl methyl sites for hydroxylation is 1. The second-order valence-corrected chi connectivity index (χ2v) is 5.64. The first kappa shape index (κ1) is 13.0. The molecule has 94 valence electrons. The summed E-state index contributed by atoms with van der Waals surface area (Å²) in [5, 5.41) is 3.59. The smallest absolute Gasteiger partial charge is 0.137 e. The van der Waals surface area contributed by atoms with Gasteiger partial charge in [-0.2, -0.15) is 0 Å². The van der Waals surface area contributed by atoms with Crippen molar-refractivity contribution in [1.29, 1.82) is 0 Å². The summed E-state index contributed by atoms with van der Waals surface area (Å²) in [5.74, 6) is -0.179. The first-order chi connectivity index (χ1) is 8.25. The number of hydrogen-bond acceptors (Lipinski definition) is 1. The number of benzene rings is 1. The number of hydrogen-bond donors (Lipinski definition) is 1. The minimum absolute atomic E-state index is 0.179. The van der Waals surface area contributed by atoms with Gasteiger partial charge in [0.2, 0.25) is 0 Å². The molecule has 0 aliphatic carbocycles. The van der Waals surface area contributed by atoms with Gasteiger partial charge in [0, 0.05) is 6.04 Å². The monoisotopic (exact) mass is 299 g/mol. The van der Waals surface area contributed by atoms with Gasteiger partial charge in [0.1, 0.15) is 5.82 Å². The summed E-state index contributed by atoms with van der Waals surface area (Å²) in [7, 11) is 0. The Morgan fingerprint density at radius 3 is 3.00 bits per heavy atom. The molecule has 1 aromatic rings. The predicted molar refractivity (Wildman–Crippen MR) is 72.7 cm³/mol. The minimum atomic E-state index is -0.179. The van der Waals surface area contributed by atoms with E-state index in [0.29, 0.717) is 10.5 Å². The molecule has 1 unspecified atom stereocenters. The molecule has 2 rings (SSSR count). The van der Waals surface area contributed by atoms with Crippen molar-refractivity contribution < 1.29 is 4.39 Å². The highest BCUT2D eigenvalue weighted by Gasteiger charge is 2.11. The average Bonchev–Trinajstić information content (AvgIpc) is 2.59. The zero-order valence-corrected chi connectivity index (χ0v) is 11.6. The minimum Gasteiger partial charge on any atom is -0.314 e. The van der Waals surface area contributed by atoms with Gasteiger partial charge >= 0.3 is 0 Å². The number of rotatable bonds is 3. The van der Waals surface area contributed by atoms with Crippen LogP contribution in [-0.2, 0) is 6.42 Å². The summed E-state index contributed by atoms with van der Waals surface area (Å²) in [6.07, 6.45) is 7.45. The maximum absolute atomic E-state index is 13.1. The van der Waals surface area contributed by atoms with Crippen molar-refractivity contribution in [3.8, 4) is 0 Å². The fourth-order valence-corrected chi connectivity index (χ4v) is 2.81. The fraction of sp³-hybridized carbons (Fsp3) is 0.571. The van der Waals surface area contributed by atoms with Gasteiger partial charge in [-0.05, 0) is 65.9 Å². The first-order valence-corrected chi connectivity index (χ1v) is 7.22. The first-order valence-electron chi connectivity index (χ1n) is 6.43. The predicted octanol–water partition coefficient (Wildman–Crippen LogP) is 4.05. The summed E-state index contributed by atoms with van der Waals surface area (Å²) in [5.41, 5.74) is 1.21. The Balaban J connectivity index is 1.85. The molecule has 1 heterocycles. The zero-order valence-electron chi connectivity index (χ0n) is 10.0. The third kappa shape index (κ3) is 4.07. The molecule has 17 heavy (non-hydrogen) atoms. The van der Waals surface area contributed by atoms with E-state index < -0.39 is 0 Å². The molecule has 1 aliphatic heterocycles. The van der Waals surface area contributed by atoms with E-state index in [2.05, 4.69) is 21.2 Å². The van der Waals surface area contributed by atoms with Gasteiger partial charge < -0.3 is 5.32 Å². The summed E-state index contributed by atoms with van der Waals surface area (Å²) in [6, 6.07) is 5.96. The Kier molecular flexibility index (Phi) is 4.99. The van der Waals surface area contributed by atoms with E-state index in [1.807, 2.05) is 12.1 Å². The molecule has 0 spiro atoms. The lowest BCUT2D eigenvalue weighted by molar-refractivity contribution is 0.478. The van der Waals surface area contributed by atoms with Crippen molar-refractivity contribution in [2.24, 2.45) is 0 Å². The Hall–Kier alpha value is -0.410. The second kappa shape index (κ2) is 6.50. The molecule has 0 radical (unpaired) electrons. The third-order valence-corrected chi connectivity index (χ3v) is 4.04. The van der Waals surface area contributed by atoms with Gasteiger partial charge in [0.25, 0.3) is 0 Å². The van der Waals surface area contributed by atoms with E-state index in [1.54, 1.807) is 6.07 Å². The van der Waals surface area contributed by atoms with Crippen molar-refractivity contribution >= 4 is 15.9 Å². The summed E-state index contributed by atoms with van der Waals surface area (Å²) in [6.45, 7) is 1.15. The van der Waals surface area contributed by atoms with Crippen LogP contribution in [-0.4, -0.2) is 12.6 Å². The summed E-state index contributed by atoms with van der Waals surface area (Å²) in [4.78, 5) is 0. The molecule has 1 aromatic carbocycles. The van der Waals surface area contributed by atoms with Gasteiger partial charge in [-0.1, -0.05) is 18.9 Å². The zero-order chi connectivity index (χ0) is 12.1. The molecule has 0 bridgehead atoms. The van der Waals surface area contributed by atoms with Crippen LogP contribution in [0, 0.1) is 5.82 Å². The molecule has 1 nitrogen and oxygen atoms in total. The average molecular weight is 300 g/mol. The molecule has 0 saturated carbocycles. The van der Waals surface area contributed by atoms with Gasteiger partial charge in [-0.25, -0.2) is 4.39 Å². The van der Waals surface area contributed by atoms with Gasteiger partial charge in [0.15, 0.2) is 0 Å². The molecule has 3 heteroatoms. The lowest BCUT2D eigenvalue weighted by Crippen LogP contribution is -2.28. The molecule has 1 aliphatic rings. The highest BCUT2D eigenvalue weighted by molar-refractivity contribution is 9.10. The van der Waals surface area contributed by atoms with Crippen LogP contribution in [0.5, 0.6) is 0 Å². The topological polar surface area (TPSA) is 12.0 Å². The van der Waals surface area contributed by atoms with Gasteiger partial charge in [-0.15, -0.1) is 0 Å². The van der Waals surface area contributed by atoms with Crippen molar-refractivity contribution in [3.63, 3.8) is 0 Å². The molecule has 0 amide bonds. The van der Waals surface area contributed by atoms with Crippen LogP contribution in [0.2, 0.25) is 0 Å². The van der Waals surface area contributed by atoms with E-state index >= 15 is 0 Å². The van der Waals surface area contributed by atoms with Crippen LogP contribution < -0.4 is 5.32 Å². The van der Waals surface area contributed by atoms with Crippen molar-refractivity contribution in [3.05, 3.63) is 34.1 Å². The van der Waals surface area contributed by atoms with Gasteiger partial charge in [0.05, 0.1) is 4.47 Å². The number of halogens is 2. The van der Waals surface area contributed by atoms with E-state index in [0.717, 1.165) is 19.4 Å². The highest BCUT2D eigenvalue weighted by Crippen LogP contribution is 2.19. The summed E-state index contributed by atoms with van der Waals surface area (Å²) >= 11 is 3.23. The van der Waals surface area contributed by atoms with E-state index in [9.17, 15) is 4.39 Å². The van der Waals surface area contributed by atoms with Crippen LogP contribution in [0.15, 0.2) is 22.7 Å². The van der Waals surface area contributed by atoms with Crippen molar-refractivity contribution in [2.45, 2.75) is 44.6 Å². The SMILES string of the molecule is Fc1ccc(CCC2CCCCCN2)cc1Br. The Bertz CT molecular complexity index is 359. The molecule has 1 atom stereocenters. The van der Waals surface area contributed by atoms with E-state index in [-0.39, 0.29) is 5.82 Å². The van der Waals surface area contributed by atoms with Crippen LogP contribution >= 0.6 is 15.9 Å². The Morgan fingerprint density at radius 2 is 2.18 bits per heavy atom. The Labute approximate surface area is 111 Å². The van der Waals surface area contributed by atoms with Gasteiger partial charge in [-0.3, -0.25) is 0 Å². The maximum Gasteiger partial charge on any atom is 0.137 e. The lowest BCUT2D eigenvalue weighted by atomic mass is 10.0. The lowest BCUT2D eigenvalue weighted by Gasteiger charge is -2.15. The number of nitrogens with one attached hydrogen (secondary N) is 1. The van der Waals surface area contributed by atoms with Crippen LogP contribution in [0.1, 0.15) is 37.7 Å². The molecule has 1 fully saturated rings. The van der Waals surface area contributed by atoms with Crippen molar-refractivity contribution in [2.75, 3.05) is 6.54 Å². The Morgan fingerprint density at radius 1 is 1.29 bits per heavy atom. The molecule has 1 N–H and O–H groups in total. The van der Waals surface area contributed by atoms with E-state index in [1.165, 1.54) is 31.2 Å². The third-order valence-electron chi connectivity index (χ3n) is 3.43. The highest BCUT2D eigenvalue weighted by atomic mass is 79.9. The molecular formula is C14H19BrFN. The van der Waals surface area contributed by atoms with Crippen LogP contribution in [0.4, 0.5) is 4.39 Å². The van der Waals surface area contributed by atoms with Crippen LogP contribution in [0.25, 0.3) is 0 Å². The van der Waals surface area contributed by atoms with Crippen LogP contribution in [0.3, 0.4) is 0 Å². The largest absolute Gasteiger partial charge is 0.314 e. The molecular weight excluding hydrogens is 281 g/mol. The molecule has 0 aromatic heterocycles. The molecule has 1 saturated heterocycles. The quantitative estimate of drug-likeness (QED) is 0.888. The fourth-order valence-electron chi connectivity index (χ4n) is 2.38.